The molecule has 0 fully saturated rings. The van der Waals surface area contributed by atoms with Gasteiger partial charge >= 0.3 is 0 Å². The van der Waals surface area contributed by atoms with Gasteiger partial charge in [-0.25, -0.2) is 0 Å². The third kappa shape index (κ3) is 5.13. The molecule has 0 radical (unpaired) electrons. The molecule has 3 nitrogen and oxygen atoms in total. The van der Waals surface area contributed by atoms with Gasteiger partial charge in [0, 0.05) is 6.04 Å². The SMILES string of the molecule is CC(C)CC(C)NC(=O)[C@@H](C)N. The average Bonchev–Trinajstić information content (AvgIpc) is 1.84. The summed E-state index contributed by atoms with van der Waals surface area (Å²) in [5, 5.41) is 2.85. The molecule has 3 heteroatoms. The smallest absolute Gasteiger partial charge is 0.236 e. The van der Waals surface area contributed by atoms with Gasteiger partial charge in [0.2, 0.25) is 5.91 Å². The van der Waals surface area contributed by atoms with Gasteiger partial charge in [0.15, 0.2) is 0 Å². The van der Waals surface area contributed by atoms with Gasteiger partial charge in [-0.1, -0.05) is 13.8 Å². The van der Waals surface area contributed by atoms with Crippen molar-refractivity contribution in [3.63, 3.8) is 0 Å². The van der Waals surface area contributed by atoms with E-state index in [0.717, 1.165) is 6.42 Å². The van der Waals surface area contributed by atoms with E-state index in [1.807, 2.05) is 6.92 Å². The zero-order valence-electron chi connectivity index (χ0n) is 8.42. The number of hydrogen-bond acceptors (Lipinski definition) is 2. The third-order valence-electron chi connectivity index (χ3n) is 1.63. The number of hydrogen-bond donors (Lipinski definition) is 2. The Morgan fingerprint density at radius 3 is 2.17 bits per heavy atom. The quantitative estimate of drug-likeness (QED) is 0.661. The van der Waals surface area contributed by atoms with E-state index in [1.54, 1.807) is 6.92 Å². The molecule has 0 aromatic rings. The molecule has 3 N–H and O–H groups in total. The van der Waals surface area contributed by atoms with E-state index in [2.05, 4.69) is 19.2 Å². The first kappa shape index (κ1) is 11.4. The van der Waals surface area contributed by atoms with Gasteiger partial charge in [-0.15, -0.1) is 0 Å². The van der Waals surface area contributed by atoms with Crippen LogP contribution in [-0.2, 0) is 4.79 Å². The largest absolute Gasteiger partial charge is 0.352 e. The first-order valence-electron chi connectivity index (χ1n) is 4.49. The number of nitrogens with two attached hydrogens (primary N) is 1. The lowest BCUT2D eigenvalue weighted by atomic mass is 10.1. The predicted octanol–water partition coefficient (Wildman–Crippen LogP) is 0.884. The number of carbonyl (C=O) groups is 1. The molecule has 0 bridgehead atoms. The Morgan fingerprint density at radius 2 is 1.83 bits per heavy atom. The van der Waals surface area contributed by atoms with Crippen molar-refractivity contribution >= 4 is 5.91 Å². The van der Waals surface area contributed by atoms with E-state index < -0.39 is 6.04 Å². The highest BCUT2D eigenvalue weighted by atomic mass is 16.2. The maximum Gasteiger partial charge on any atom is 0.236 e. The molecular formula is C9H20N2O. The van der Waals surface area contributed by atoms with Crippen molar-refractivity contribution in [3.05, 3.63) is 0 Å². The Morgan fingerprint density at radius 1 is 1.33 bits per heavy atom. The average molecular weight is 172 g/mol. The van der Waals surface area contributed by atoms with Crippen LogP contribution in [0.4, 0.5) is 0 Å². The third-order valence-corrected chi connectivity index (χ3v) is 1.63. The minimum Gasteiger partial charge on any atom is -0.352 e. The van der Waals surface area contributed by atoms with Crippen molar-refractivity contribution < 1.29 is 4.79 Å². The number of rotatable bonds is 4. The highest BCUT2D eigenvalue weighted by molar-refractivity contribution is 5.81. The van der Waals surface area contributed by atoms with Gasteiger partial charge < -0.3 is 11.1 Å². The van der Waals surface area contributed by atoms with Crippen molar-refractivity contribution in [2.45, 2.75) is 46.2 Å². The summed E-state index contributed by atoms with van der Waals surface area (Å²) in [5.74, 6) is 0.538. The molecule has 0 aliphatic rings. The van der Waals surface area contributed by atoms with Crippen LogP contribution in [-0.4, -0.2) is 18.0 Å². The summed E-state index contributed by atoms with van der Waals surface area (Å²) in [6.07, 6.45) is 0.998. The fourth-order valence-electron chi connectivity index (χ4n) is 1.14. The first-order chi connectivity index (χ1) is 5.43. The fourth-order valence-corrected chi connectivity index (χ4v) is 1.14. The minimum atomic E-state index is -0.403. The van der Waals surface area contributed by atoms with Gasteiger partial charge in [-0.2, -0.15) is 0 Å². The van der Waals surface area contributed by atoms with Gasteiger partial charge in [-0.3, -0.25) is 4.79 Å². The maximum atomic E-state index is 11.1. The van der Waals surface area contributed by atoms with Crippen molar-refractivity contribution in [2.24, 2.45) is 11.7 Å². The fraction of sp³-hybridized carbons (Fsp3) is 0.889. The highest BCUT2D eigenvalue weighted by Gasteiger charge is 2.11. The van der Waals surface area contributed by atoms with E-state index in [-0.39, 0.29) is 11.9 Å². The molecule has 0 saturated carbocycles. The molecular weight excluding hydrogens is 152 g/mol. The van der Waals surface area contributed by atoms with E-state index >= 15 is 0 Å². The number of nitrogens with one attached hydrogen (secondary N) is 1. The van der Waals surface area contributed by atoms with Crippen LogP contribution >= 0.6 is 0 Å². The molecule has 1 unspecified atom stereocenters. The second-order valence-electron chi connectivity index (χ2n) is 3.83. The van der Waals surface area contributed by atoms with Crippen molar-refractivity contribution in [2.75, 3.05) is 0 Å². The summed E-state index contributed by atoms with van der Waals surface area (Å²) in [4.78, 5) is 11.1. The van der Waals surface area contributed by atoms with E-state index in [9.17, 15) is 4.79 Å². The zero-order chi connectivity index (χ0) is 9.72. The second kappa shape index (κ2) is 5.14. The van der Waals surface area contributed by atoms with Crippen LogP contribution in [0.2, 0.25) is 0 Å². The Balaban J connectivity index is 3.69. The van der Waals surface area contributed by atoms with Crippen LogP contribution in [0.1, 0.15) is 34.1 Å². The molecule has 0 aliphatic carbocycles. The molecule has 72 valence electrons. The van der Waals surface area contributed by atoms with Gasteiger partial charge in [0.05, 0.1) is 6.04 Å². The Kier molecular flexibility index (Phi) is 4.90. The summed E-state index contributed by atoms with van der Waals surface area (Å²) in [7, 11) is 0. The van der Waals surface area contributed by atoms with Crippen LogP contribution in [0, 0.1) is 5.92 Å². The predicted molar refractivity (Wildman–Crippen MR) is 50.7 cm³/mol. The van der Waals surface area contributed by atoms with Crippen LogP contribution in [0.3, 0.4) is 0 Å². The molecule has 0 aliphatic heterocycles. The van der Waals surface area contributed by atoms with Crippen LogP contribution < -0.4 is 11.1 Å². The Hall–Kier alpha value is -0.570. The van der Waals surface area contributed by atoms with Crippen LogP contribution in [0.15, 0.2) is 0 Å². The topological polar surface area (TPSA) is 55.1 Å². The molecule has 0 saturated heterocycles. The van der Waals surface area contributed by atoms with E-state index in [4.69, 9.17) is 5.73 Å². The summed E-state index contributed by atoms with van der Waals surface area (Å²) in [6, 6.07) is -0.178. The van der Waals surface area contributed by atoms with Gasteiger partial charge in [0.25, 0.3) is 0 Å². The summed E-state index contributed by atoms with van der Waals surface area (Å²) in [5.41, 5.74) is 5.40. The molecule has 12 heavy (non-hydrogen) atoms. The van der Waals surface area contributed by atoms with Gasteiger partial charge in [0.1, 0.15) is 0 Å². The maximum absolute atomic E-state index is 11.1. The Bertz CT molecular complexity index is 143. The molecule has 2 atom stereocenters. The monoisotopic (exact) mass is 172 g/mol. The lowest BCUT2D eigenvalue weighted by molar-refractivity contribution is -0.122. The van der Waals surface area contributed by atoms with E-state index in [1.165, 1.54) is 0 Å². The molecule has 1 amide bonds. The van der Waals surface area contributed by atoms with Crippen molar-refractivity contribution in [1.29, 1.82) is 0 Å². The lowest BCUT2D eigenvalue weighted by Gasteiger charge is -2.17. The second-order valence-corrected chi connectivity index (χ2v) is 3.83. The zero-order valence-corrected chi connectivity index (χ0v) is 8.42. The van der Waals surface area contributed by atoms with Crippen molar-refractivity contribution in [3.8, 4) is 0 Å². The molecule has 0 aromatic carbocycles. The standard InChI is InChI=1S/C9H20N2O/c1-6(2)5-7(3)11-9(12)8(4)10/h6-8H,5,10H2,1-4H3,(H,11,12)/t7?,8-/m1/s1. The summed E-state index contributed by atoms with van der Waals surface area (Å²) >= 11 is 0. The van der Waals surface area contributed by atoms with Gasteiger partial charge in [-0.05, 0) is 26.2 Å². The van der Waals surface area contributed by atoms with Crippen LogP contribution in [0.5, 0.6) is 0 Å². The molecule has 0 spiro atoms. The summed E-state index contributed by atoms with van der Waals surface area (Å²) in [6.45, 7) is 7.96. The molecule has 0 aromatic heterocycles. The first-order valence-corrected chi connectivity index (χ1v) is 4.49. The van der Waals surface area contributed by atoms with E-state index in [0.29, 0.717) is 5.92 Å². The molecule has 0 heterocycles. The Labute approximate surface area is 74.7 Å². The lowest BCUT2D eigenvalue weighted by Crippen LogP contribution is -2.43. The van der Waals surface area contributed by atoms with Crippen LogP contribution in [0.25, 0.3) is 0 Å². The summed E-state index contributed by atoms with van der Waals surface area (Å²) < 4.78 is 0. The van der Waals surface area contributed by atoms with Crippen molar-refractivity contribution in [1.82, 2.24) is 5.32 Å². The minimum absolute atomic E-state index is 0.0665. The number of carbonyl (C=O) groups excluding carboxylic acids is 1. The normalized spacial score (nSPS) is 15.8. The number of amides is 1. The highest BCUT2D eigenvalue weighted by Crippen LogP contribution is 2.03. The molecule has 0 rings (SSSR count).